The van der Waals surface area contributed by atoms with Crippen molar-refractivity contribution >= 4 is 37.6 Å². The molecule has 1 nitrogen and oxygen atoms in total. The summed E-state index contributed by atoms with van der Waals surface area (Å²) in [7, 11) is 0. The molecule has 0 aromatic heterocycles. The van der Waals surface area contributed by atoms with Gasteiger partial charge in [-0.3, -0.25) is 4.79 Å². The summed E-state index contributed by atoms with van der Waals surface area (Å²) in [6.45, 7) is 4.33. The van der Waals surface area contributed by atoms with Crippen LogP contribution in [0.1, 0.15) is 46.0 Å². The van der Waals surface area contributed by atoms with Gasteiger partial charge in [-0.1, -0.05) is 45.7 Å². The third-order valence-electron chi connectivity index (χ3n) is 4.56. The van der Waals surface area contributed by atoms with Crippen molar-refractivity contribution in [3.63, 3.8) is 0 Å². The summed E-state index contributed by atoms with van der Waals surface area (Å²) < 4.78 is 0.425. The Labute approximate surface area is 108 Å². The van der Waals surface area contributed by atoms with Gasteiger partial charge in [0, 0.05) is 19.5 Å². The van der Waals surface area contributed by atoms with Crippen LogP contribution < -0.4 is 0 Å². The quantitative estimate of drug-likeness (QED) is 0.615. The second-order valence-electron chi connectivity index (χ2n) is 6.64. The molecule has 4 aliphatic rings. The van der Waals surface area contributed by atoms with E-state index in [-0.39, 0.29) is 19.5 Å². The van der Waals surface area contributed by atoms with Crippen LogP contribution in [0.2, 0.25) is 0 Å². The summed E-state index contributed by atoms with van der Waals surface area (Å²) in [5, 5.41) is 0. The van der Waals surface area contributed by atoms with E-state index in [1.165, 1.54) is 6.42 Å². The van der Waals surface area contributed by atoms with Gasteiger partial charge in [0.25, 0.3) is 0 Å². The maximum Gasteiger partial charge on any atom is 0.144 e. The lowest BCUT2D eigenvalue weighted by Gasteiger charge is -2.65. The van der Waals surface area contributed by atoms with E-state index in [2.05, 4.69) is 45.7 Å². The van der Waals surface area contributed by atoms with Gasteiger partial charge < -0.3 is 0 Å². The standard InChI is InChI=1S/C12H16Br2O/c1-9-3-11(13)5-10(2,8(9)15)6-12(14,4-9)7-11/h3-7H2,1-2H3. The van der Waals surface area contributed by atoms with E-state index in [0.717, 1.165) is 25.7 Å². The number of hydrogen-bond acceptors (Lipinski definition) is 1. The molecule has 0 atom stereocenters. The van der Waals surface area contributed by atoms with Crippen LogP contribution in [0.5, 0.6) is 0 Å². The zero-order valence-electron chi connectivity index (χ0n) is 9.20. The molecule has 0 aromatic carbocycles. The average molecular weight is 336 g/mol. The van der Waals surface area contributed by atoms with Crippen molar-refractivity contribution in [2.24, 2.45) is 10.8 Å². The Morgan fingerprint density at radius 1 is 0.867 bits per heavy atom. The molecule has 0 aliphatic heterocycles. The predicted octanol–water partition coefficient (Wildman–Crippen LogP) is 3.83. The summed E-state index contributed by atoms with van der Waals surface area (Å²) in [4.78, 5) is 12.5. The van der Waals surface area contributed by atoms with E-state index < -0.39 is 0 Å². The van der Waals surface area contributed by atoms with Crippen molar-refractivity contribution in [3.05, 3.63) is 0 Å². The molecule has 84 valence electrons. The van der Waals surface area contributed by atoms with E-state index in [4.69, 9.17) is 0 Å². The van der Waals surface area contributed by atoms with E-state index in [1.807, 2.05) is 0 Å². The summed E-state index contributed by atoms with van der Waals surface area (Å²) in [6.07, 6.45) is 5.30. The van der Waals surface area contributed by atoms with Crippen LogP contribution >= 0.6 is 31.9 Å². The molecule has 0 N–H and O–H groups in total. The van der Waals surface area contributed by atoms with Crippen molar-refractivity contribution in [2.75, 3.05) is 0 Å². The van der Waals surface area contributed by atoms with Crippen molar-refractivity contribution in [2.45, 2.75) is 54.6 Å². The first kappa shape index (κ1) is 10.8. The van der Waals surface area contributed by atoms with Crippen molar-refractivity contribution in [3.8, 4) is 0 Å². The van der Waals surface area contributed by atoms with Gasteiger partial charge in [0.1, 0.15) is 5.78 Å². The van der Waals surface area contributed by atoms with Crippen molar-refractivity contribution < 1.29 is 4.79 Å². The Morgan fingerprint density at radius 3 is 1.53 bits per heavy atom. The van der Waals surface area contributed by atoms with Gasteiger partial charge in [-0.25, -0.2) is 0 Å². The lowest BCUT2D eigenvalue weighted by atomic mass is 9.44. The van der Waals surface area contributed by atoms with Gasteiger partial charge in [-0.2, -0.15) is 0 Å². The minimum Gasteiger partial charge on any atom is -0.298 e. The third kappa shape index (κ3) is 1.28. The first-order valence-electron chi connectivity index (χ1n) is 5.62. The molecular formula is C12H16Br2O. The molecule has 4 bridgehead atoms. The van der Waals surface area contributed by atoms with E-state index in [0.29, 0.717) is 5.78 Å². The van der Waals surface area contributed by atoms with E-state index in [9.17, 15) is 4.79 Å². The van der Waals surface area contributed by atoms with Crippen LogP contribution in [0.4, 0.5) is 0 Å². The van der Waals surface area contributed by atoms with Gasteiger partial charge in [-0.15, -0.1) is 0 Å². The fourth-order valence-electron chi connectivity index (χ4n) is 4.91. The van der Waals surface area contributed by atoms with Crippen LogP contribution in [0.25, 0.3) is 0 Å². The highest BCUT2D eigenvalue weighted by Crippen LogP contribution is 2.70. The number of hydrogen-bond donors (Lipinski definition) is 0. The molecule has 0 unspecified atom stereocenters. The molecule has 0 amide bonds. The molecular weight excluding hydrogens is 320 g/mol. The Bertz CT molecular complexity index is 317. The van der Waals surface area contributed by atoms with Crippen LogP contribution in [0.15, 0.2) is 0 Å². The Kier molecular flexibility index (Phi) is 1.83. The minimum atomic E-state index is -0.0868. The molecule has 4 fully saturated rings. The Morgan fingerprint density at radius 2 is 1.20 bits per heavy atom. The third-order valence-corrected chi connectivity index (χ3v) is 6.24. The van der Waals surface area contributed by atoms with Crippen LogP contribution in [-0.4, -0.2) is 14.4 Å². The second-order valence-corrected chi connectivity index (χ2v) is 10.0. The van der Waals surface area contributed by atoms with Crippen molar-refractivity contribution in [1.82, 2.24) is 0 Å². The highest BCUT2D eigenvalue weighted by atomic mass is 79.9. The maximum atomic E-state index is 12.5. The molecule has 0 radical (unpaired) electrons. The molecule has 0 aromatic rings. The fraction of sp³-hybridized carbons (Fsp3) is 0.917. The SMILES string of the molecule is CC12CC3(Br)CC(Br)(C1)CC(C)(C3)C2=O. The Balaban J connectivity index is 2.16. The monoisotopic (exact) mass is 334 g/mol. The molecule has 3 heteroatoms. The number of carbonyl (C=O) groups excluding carboxylic acids is 1. The van der Waals surface area contributed by atoms with Gasteiger partial charge in [0.05, 0.1) is 0 Å². The van der Waals surface area contributed by atoms with E-state index >= 15 is 0 Å². The number of alkyl halides is 2. The smallest absolute Gasteiger partial charge is 0.144 e. The zero-order valence-corrected chi connectivity index (χ0v) is 12.4. The van der Waals surface area contributed by atoms with Crippen LogP contribution in [0, 0.1) is 10.8 Å². The molecule has 0 spiro atoms. The average Bonchev–Trinajstić information content (AvgIpc) is 1.93. The van der Waals surface area contributed by atoms with Crippen LogP contribution in [0.3, 0.4) is 0 Å². The molecule has 4 aliphatic carbocycles. The molecule has 0 heterocycles. The number of carbonyl (C=O) groups is 1. The lowest BCUT2D eigenvalue weighted by molar-refractivity contribution is -0.156. The first-order valence-corrected chi connectivity index (χ1v) is 7.20. The van der Waals surface area contributed by atoms with Crippen molar-refractivity contribution in [1.29, 1.82) is 0 Å². The number of Topliss-reactive ketones (excluding diaryl/α,β-unsaturated/α-hetero) is 1. The summed E-state index contributed by atoms with van der Waals surface area (Å²) in [5.74, 6) is 0.514. The highest BCUT2D eigenvalue weighted by molar-refractivity contribution is 9.10. The molecule has 4 saturated carbocycles. The number of ketones is 1. The normalized spacial score (nSPS) is 62.5. The lowest BCUT2D eigenvalue weighted by Crippen LogP contribution is -2.66. The molecule has 15 heavy (non-hydrogen) atoms. The topological polar surface area (TPSA) is 17.1 Å². The molecule has 4 rings (SSSR count). The van der Waals surface area contributed by atoms with Gasteiger partial charge >= 0.3 is 0 Å². The fourth-order valence-corrected chi connectivity index (χ4v) is 8.84. The first-order chi connectivity index (χ1) is 6.69. The second kappa shape index (κ2) is 2.55. The largest absolute Gasteiger partial charge is 0.298 e. The van der Waals surface area contributed by atoms with E-state index in [1.54, 1.807) is 0 Å². The van der Waals surface area contributed by atoms with Crippen LogP contribution in [-0.2, 0) is 4.79 Å². The minimum absolute atomic E-state index is 0.0868. The summed E-state index contributed by atoms with van der Waals surface area (Å²) in [6, 6.07) is 0. The van der Waals surface area contributed by atoms with Gasteiger partial charge in [0.2, 0.25) is 0 Å². The van der Waals surface area contributed by atoms with Gasteiger partial charge in [-0.05, 0) is 32.1 Å². The Hall–Kier alpha value is 0.630. The summed E-state index contributed by atoms with van der Waals surface area (Å²) in [5.41, 5.74) is -0.174. The highest BCUT2D eigenvalue weighted by Gasteiger charge is 2.68. The number of halogens is 2. The number of rotatable bonds is 0. The summed E-state index contributed by atoms with van der Waals surface area (Å²) >= 11 is 7.82. The predicted molar refractivity (Wildman–Crippen MR) is 67.6 cm³/mol. The van der Waals surface area contributed by atoms with Gasteiger partial charge in [0.15, 0.2) is 0 Å². The zero-order chi connectivity index (χ0) is 11.1. The maximum absolute atomic E-state index is 12.5. The molecule has 0 saturated heterocycles.